The molecule has 0 radical (unpaired) electrons. The third-order valence-corrected chi connectivity index (χ3v) is 3.31. The maximum atomic E-state index is 5.55. The molecule has 0 saturated carbocycles. The van der Waals surface area contributed by atoms with E-state index >= 15 is 0 Å². The number of H-pyrrole nitrogens is 1. The number of aromatic amines is 1. The number of benzene rings is 1. The molecule has 14 heavy (non-hydrogen) atoms. The Balaban J connectivity index is 2.61. The van der Waals surface area contributed by atoms with Gasteiger partial charge >= 0.3 is 0 Å². The normalized spacial score (nSPS) is 11.1. The number of rotatable bonds is 2. The van der Waals surface area contributed by atoms with Crippen molar-refractivity contribution in [3.63, 3.8) is 0 Å². The maximum absolute atomic E-state index is 5.55. The van der Waals surface area contributed by atoms with Crippen molar-refractivity contribution >= 4 is 26.8 Å². The molecule has 0 unspecified atom stereocenters. The number of aryl methyl sites for hydroxylation is 1. The van der Waals surface area contributed by atoms with Crippen LogP contribution in [-0.2, 0) is 6.42 Å². The van der Waals surface area contributed by atoms with Crippen LogP contribution in [0.5, 0.6) is 0 Å². The molecule has 0 fully saturated rings. The van der Waals surface area contributed by atoms with Crippen LogP contribution in [-0.4, -0.2) is 11.5 Å². The molecule has 0 aliphatic carbocycles. The van der Waals surface area contributed by atoms with Crippen LogP contribution in [0.4, 0.5) is 0 Å². The summed E-state index contributed by atoms with van der Waals surface area (Å²) in [5.41, 5.74) is 9.29. The lowest BCUT2D eigenvalue weighted by Gasteiger charge is -2.00. The molecule has 2 aromatic rings. The molecule has 1 aromatic carbocycles. The Morgan fingerprint density at radius 2 is 2.21 bits per heavy atom. The summed E-state index contributed by atoms with van der Waals surface area (Å²) >= 11 is 3.54. The van der Waals surface area contributed by atoms with E-state index in [4.69, 9.17) is 5.73 Å². The van der Waals surface area contributed by atoms with Crippen molar-refractivity contribution in [2.45, 2.75) is 13.3 Å². The van der Waals surface area contributed by atoms with E-state index in [1.54, 1.807) is 0 Å². The highest BCUT2D eigenvalue weighted by Gasteiger charge is 2.05. The van der Waals surface area contributed by atoms with Gasteiger partial charge in [0, 0.05) is 21.6 Å². The van der Waals surface area contributed by atoms with Crippen molar-refractivity contribution in [3.8, 4) is 0 Å². The molecule has 0 bridgehead atoms. The highest BCUT2D eigenvalue weighted by Crippen LogP contribution is 2.26. The van der Waals surface area contributed by atoms with Crippen molar-refractivity contribution < 1.29 is 0 Å². The van der Waals surface area contributed by atoms with Crippen molar-refractivity contribution in [1.29, 1.82) is 0 Å². The van der Waals surface area contributed by atoms with Gasteiger partial charge in [-0.25, -0.2) is 0 Å². The molecule has 2 rings (SSSR count). The second kappa shape index (κ2) is 3.75. The van der Waals surface area contributed by atoms with Gasteiger partial charge in [0.25, 0.3) is 0 Å². The van der Waals surface area contributed by atoms with Crippen molar-refractivity contribution in [2.24, 2.45) is 5.73 Å². The number of nitrogens with two attached hydrogens (primary N) is 1. The Morgan fingerprint density at radius 3 is 2.93 bits per heavy atom. The van der Waals surface area contributed by atoms with Gasteiger partial charge in [-0.15, -0.1) is 0 Å². The van der Waals surface area contributed by atoms with Crippen LogP contribution >= 0.6 is 15.9 Å². The van der Waals surface area contributed by atoms with Gasteiger partial charge in [0.05, 0.1) is 0 Å². The summed E-state index contributed by atoms with van der Waals surface area (Å²) in [6.45, 7) is 2.78. The fourth-order valence-corrected chi connectivity index (χ4v) is 2.01. The lowest BCUT2D eigenvalue weighted by Crippen LogP contribution is -2.01. The quantitative estimate of drug-likeness (QED) is 0.848. The third kappa shape index (κ3) is 1.57. The average Bonchev–Trinajstić information content (AvgIpc) is 2.51. The van der Waals surface area contributed by atoms with E-state index < -0.39 is 0 Å². The average molecular weight is 253 g/mol. The molecule has 0 spiro atoms. The van der Waals surface area contributed by atoms with Gasteiger partial charge in [-0.1, -0.05) is 15.9 Å². The van der Waals surface area contributed by atoms with Gasteiger partial charge in [0.1, 0.15) is 0 Å². The molecule has 3 heteroatoms. The molecule has 3 N–H and O–H groups in total. The van der Waals surface area contributed by atoms with E-state index in [0.717, 1.165) is 10.9 Å². The second-order valence-electron chi connectivity index (χ2n) is 3.50. The number of halogens is 1. The van der Waals surface area contributed by atoms with Crippen LogP contribution in [0.3, 0.4) is 0 Å². The van der Waals surface area contributed by atoms with Crippen molar-refractivity contribution in [2.75, 3.05) is 6.54 Å². The standard InChI is InChI=1S/C11H13BrN2/c1-7-4-11-9(5-10(7)12)8(2-3-13)6-14-11/h4-6,14H,2-3,13H2,1H3. The first-order valence-corrected chi connectivity index (χ1v) is 5.48. The molecule has 2 nitrogen and oxygen atoms in total. The zero-order valence-corrected chi connectivity index (χ0v) is 9.69. The van der Waals surface area contributed by atoms with Crippen LogP contribution in [0.15, 0.2) is 22.8 Å². The van der Waals surface area contributed by atoms with E-state index in [9.17, 15) is 0 Å². The molecular weight excluding hydrogens is 240 g/mol. The maximum Gasteiger partial charge on any atom is 0.0460 e. The minimum absolute atomic E-state index is 0.693. The first kappa shape index (κ1) is 9.74. The number of aromatic nitrogens is 1. The van der Waals surface area contributed by atoms with Crippen LogP contribution < -0.4 is 5.73 Å². The Labute approximate surface area is 91.6 Å². The van der Waals surface area contributed by atoms with Gasteiger partial charge in [0.2, 0.25) is 0 Å². The predicted molar refractivity (Wildman–Crippen MR) is 63.5 cm³/mol. The molecular formula is C11H13BrN2. The first-order chi connectivity index (χ1) is 6.72. The highest BCUT2D eigenvalue weighted by molar-refractivity contribution is 9.10. The van der Waals surface area contributed by atoms with Crippen molar-refractivity contribution in [3.05, 3.63) is 33.9 Å². The molecule has 0 aliphatic rings. The van der Waals surface area contributed by atoms with Gasteiger partial charge in [0.15, 0.2) is 0 Å². The molecule has 74 valence electrons. The monoisotopic (exact) mass is 252 g/mol. The van der Waals surface area contributed by atoms with Gasteiger partial charge in [-0.2, -0.15) is 0 Å². The molecule has 1 heterocycles. The van der Waals surface area contributed by atoms with Gasteiger partial charge < -0.3 is 10.7 Å². The van der Waals surface area contributed by atoms with Crippen LogP contribution in [0, 0.1) is 6.92 Å². The molecule has 0 aliphatic heterocycles. The molecule has 0 amide bonds. The molecule has 1 aromatic heterocycles. The summed E-state index contributed by atoms with van der Waals surface area (Å²) in [6.07, 6.45) is 2.97. The molecule has 0 atom stereocenters. The Hall–Kier alpha value is -0.800. The van der Waals surface area contributed by atoms with Crippen LogP contribution in [0.1, 0.15) is 11.1 Å². The van der Waals surface area contributed by atoms with Gasteiger partial charge in [-0.3, -0.25) is 0 Å². The smallest absolute Gasteiger partial charge is 0.0460 e. The number of nitrogens with one attached hydrogen (secondary N) is 1. The Morgan fingerprint density at radius 1 is 1.43 bits per heavy atom. The minimum Gasteiger partial charge on any atom is -0.361 e. The van der Waals surface area contributed by atoms with E-state index in [0.29, 0.717) is 6.54 Å². The fourth-order valence-electron chi connectivity index (χ4n) is 1.67. The summed E-state index contributed by atoms with van der Waals surface area (Å²) < 4.78 is 1.16. The fraction of sp³-hybridized carbons (Fsp3) is 0.273. The summed E-state index contributed by atoms with van der Waals surface area (Å²) in [4.78, 5) is 3.26. The lowest BCUT2D eigenvalue weighted by molar-refractivity contribution is 0.976. The number of hydrogen-bond donors (Lipinski definition) is 2. The number of fused-ring (bicyclic) bond motifs is 1. The third-order valence-electron chi connectivity index (χ3n) is 2.46. The van der Waals surface area contributed by atoms with E-state index in [-0.39, 0.29) is 0 Å². The summed E-state index contributed by atoms with van der Waals surface area (Å²) in [5, 5.41) is 1.27. The molecule has 0 saturated heterocycles. The van der Waals surface area contributed by atoms with Crippen LogP contribution in [0.25, 0.3) is 10.9 Å². The van der Waals surface area contributed by atoms with E-state index in [1.807, 2.05) is 6.20 Å². The largest absolute Gasteiger partial charge is 0.361 e. The van der Waals surface area contributed by atoms with Crippen molar-refractivity contribution in [1.82, 2.24) is 4.98 Å². The second-order valence-corrected chi connectivity index (χ2v) is 4.35. The van der Waals surface area contributed by atoms with E-state index in [1.165, 1.54) is 22.0 Å². The SMILES string of the molecule is Cc1cc2[nH]cc(CCN)c2cc1Br. The zero-order valence-electron chi connectivity index (χ0n) is 8.10. The van der Waals surface area contributed by atoms with Gasteiger partial charge in [-0.05, 0) is 43.1 Å². The number of hydrogen-bond acceptors (Lipinski definition) is 1. The zero-order chi connectivity index (χ0) is 10.1. The summed E-state index contributed by atoms with van der Waals surface area (Å²) in [5.74, 6) is 0. The Bertz CT molecular complexity index is 460. The Kier molecular flexibility index (Phi) is 2.61. The van der Waals surface area contributed by atoms with Crippen LogP contribution in [0.2, 0.25) is 0 Å². The predicted octanol–water partition coefficient (Wildman–Crippen LogP) is 2.74. The first-order valence-electron chi connectivity index (χ1n) is 4.68. The summed E-state index contributed by atoms with van der Waals surface area (Å²) in [7, 11) is 0. The topological polar surface area (TPSA) is 41.8 Å². The van der Waals surface area contributed by atoms with E-state index in [2.05, 4.69) is 40.0 Å². The summed E-state index contributed by atoms with van der Waals surface area (Å²) in [6, 6.07) is 4.31. The minimum atomic E-state index is 0.693. The highest BCUT2D eigenvalue weighted by atomic mass is 79.9. The lowest BCUT2D eigenvalue weighted by atomic mass is 10.1.